The standard InChI is InChI=1S/C2H3Cl3O4S2/c1-10(6,7)2(3,4)11(5,8)9/h1H3. The quantitative estimate of drug-likeness (QED) is 0.542. The van der Waals surface area contributed by atoms with Gasteiger partial charge in [-0.3, -0.25) is 0 Å². The molecule has 0 fully saturated rings. The monoisotopic (exact) mass is 260 g/mol. The lowest BCUT2D eigenvalue weighted by molar-refractivity contribution is 0.592. The summed E-state index contributed by atoms with van der Waals surface area (Å²) in [6.45, 7) is 0. The fourth-order valence-corrected chi connectivity index (χ4v) is 2.66. The van der Waals surface area contributed by atoms with Crippen molar-refractivity contribution in [2.45, 2.75) is 3.00 Å². The van der Waals surface area contributed by atoms with Crippen LogP contribution in [0.5, 0.6) is 0 Å². The van der Waals surface area contributed by atoms with Crippen molar-refractivity contribution >= 4 is 52.8 Å². The molecule has 0 aromatic heterocycles. The zero-order valence-corrected chi connectivity index (χ0v) is 8.98. The van der Waals surface area contributed by atoms with Gasteiger partial charge in [-0.1, -0.05) is 23.2 Å². The van der Waals surface area contributed by atoms with E-state index in [4.69, 9.17) is 23.2 Å². The van der Waals surface area contributed by atoms with Crippen molar-refractivity contribution in [1.29, 1.82) is 0 Å². The van der Waals surface area contributed by atoms with Crippen molar-refractivity contribution in [2.24, 2.45) is 0 Å². The molecular weight excluding hydrogens is 259 g/mol. The molecule has 0 aromatic carbocycles. The molecule has 4 nitrogen and oxygen atoms in total. The first-order chi connectivity index (χ1) is 4.50. The molecule has 11 heavy (non-hydrogen) atoms. The lowest BCUT2D eigenvalue weighted by Crippen LogP contribution is -2.31. The van der Waals surface area contributed by atoms with Crippen LogP contribution in [0.2, 0.25) is 0 Å². The minimum Gasteiger partial charge on any atom is -0.225 e. The summed E-state index contributed by atoms with van der Waals surface area (Å²) in [5, 5.41) is 0. The van der Waals surface area contributed by atoms with E-state index >= 15 is 0 Å². The van der Waals surface area contributed by atoms with Crippen LogP contribution in [0.1, 0.15) is 0 Å². The highest BCUT2D eigenvalue weighted by Crippen LogP contribution is 2.36. The Morgan fingerprint density at radius 2 is 1.36 bits per heavy atom. The summed E-state index contributed by atoms with van der Waals surface area (Å²) >= 11 is 9.89. The summed E-state index contributed by atoms with van der Waals surface area (Å²) in [5.74, 6) is 0. The van der Waals surface area contributed by atoms with Gasteiger partial charge < -0.3 is 0 Å². The molecule has 0 aliphatic rings. The minimum atomic E-state index is -4.54. The van der Waals surface area contributed by atoms with Crippen LogP contribution in [0, 0.1) is 0 Å². The first kappa shape index (κ1) is 11.8. The largest absolute Gasteiger partial charge is 0.332 e. The average Bonchev–Trinajstić information content (AvgIpc) is 1.58. The van der Waals surface area contributed by atoms with Crippen molar-refractivity contribution in [1.82, 2.24) is 0 Å². The van der Waals surface area contributed by atoms with E-state index in [1.54, 1.807) is 0 Å². The minimum absolute atomic E-state index is 0.562. The van der Waals surface area contributed by atoms with Crippen LogP contribution >= 0.6 is 33.9 Å². The van der Waals surface area contributed by atoms with Crippen molar-refractivity contribution in [2.75, 3.05) is 6.26 Å². The number of hydrogen-bond donors (Lipinski definition) is 0. The maximum Gasteiger partial charge on any atom is 0.332 e. The Balaban J connectivity index is 5.45. The molecule has 0 saturated heterocycles. The van der Waals surface area contributed by atoms with Gasteiger partial charge in [0.05, 0.1) is 0 Å². The van der Waals surface area contributed by atoms with E-state index < -0.39 is 21.9 Å². The van der Waals surface area contributed by atoms with Crippen molar-refractivity contribution in [3.05, 3.63) is 0 Å². The number of hydrogen-bond acceptors (Lipinski definition) is 4. The molecule has 0 heterocycles. The Labute approximate surface area is 78.8 Å². The molecule has 9 heteroatoms. The first-order valence-corrected chi connectivity index (χ1v) is 6.97. The fourth-order valence-electron chi connectivity index (χ4n) is 0.181. The van der Waals surface area contributed by atoms with Crippen molar-refractivity contribution < 1.29 is 16.8 Å². The van der Waals surface area contributed by atoms with Gasteiger partial charge in [0.25, 0.3) is 9.05 Å². The lowest BCUT2D eigenvalue weighted by atomic mass is 11.8. The lowest BCUT2D eigenvalue weighted by Gasteiger charge is -2.11. The number of sulfone groups is 1. The zero-order chi connectivity index (χ0) is 9.50. The normalized spacial score (nSPS) is 14.9. The van der Waals surface area contributed by atoms with Gasteiger partial charge in [0.15, 0.2) is 9.84 Å². The van der Waals surface area contributed by atoms with Gasteiger partial charge in [-0.05, 0) is 0 Å². The van der Waals surface area contributed by atoms with Gasteiger partial charge in [-0.25, -0.2) is 16.8 Å². The molecule has 0 radical (unpaired) electrons. The molecule has 0 rings (SSSR count). The zero-order valence-electron chi connectivity index (χ0n) is 5.08. The highest BCUT2D eigenvalue weighted by molar-refractivity contribution is 8.26. The Morgan fingerprint density at radius 1 is 1.09 bits per heavy atom. The molecule has 0 bridgehead atoms. The summed E-state index contributed by atoms with van der Waals surface area (Å²) in [5.41, 5.74) is 0. The van der Waals surface area contributed by atoms with E-state index in [0.717, 1.165) is 0 Å². The second-order valence-corrected chi connectivity index (χ2v) is 9.02. The van der Waals surface area contributed by atoms with E-state index in [1.165, 1.54) is 0 Å². The van der Waals surface area contributed by atoms with E-state index in [2.05, 4.69) is 10.7 Å². The van der Waals surface area contributed by atoms with Gasteiger partial charge in [-0.2, -0.15) is 0 Å². The van der Waals surface area contributed by atoms with Gasteiger partial charge >= 0.3 is 3.00 Å². The molecule has 0 N–H and O–H groups in total. The third-order valence-electron chi connectivity index (χ3n) is 0.716. The second-order valence-electron chi connectivity index (χ2n) is 1.67. The van der Waals surface area contributed by atoms with Crippen LogP contribution in [-0.2, 0) is 18.9 Å². The van der Waals surface area contributed by atoms with E-state index in [0.29, 0.717) is 6.26 Å². The Morgan fingerprint density at radius 3 is 1.36 bits per heavy atom. The van der Waals surface area contributed by atoms with E-state index in [1.807, 2.05) is 0 Å². The molecule has 0 aliphatic heterocycles. The van der Waals surface area contributed by atoms with Crippen LogP contribution in [0.25, 0.3) is 0 Å². The number of halogens is 3. The van der Waals surface area contributed by atoms with Gasteiger partial charge in [0.2, 0.25) is 0 Å². The van der Waals surface area contributed by atoms with Crippen LogP contribution in [-0.4, -0.2) is 26.1 Å². The third-order valence-corrected chi connectivity index (χ3v) is 8.06. The predicted molar refractivity (Wildman–Crippen MR) is 44.1 cm³/mol. The second kappa shape index (κ2) is 2.92. The maximum absolute atomic E-state index is 10.6. The fraction of sp³-hybridized carbons (Fsp3) is 1.00. The highest BCUT2D eigenvalue weighted by Gasteiger charge is 2.49. The summed E-state index contributed by atoms with van der Waals surface area (Å²) in [7, 11) is -4.06. The van der Waals surface area contributed by atoms with E-state index in [-0.39, 0.29) is 0 Å². The number of rotatable bonds is 2. The molecule has 0 atom stereocenters. The highest BCUT2D eigenvalue weighted by atomic mass is 35.7. The van der Waals surface area contributed by atoms with Crippen LogP contribution in [0.15, 0.2) is 0 Å². The maximum atomic E-state index is 10.6. The van der Waals surface area contributed by atoms with Crippen molar-refractivity contribution in [3.8, 4) is 0 Å². The SMILES string of the molecule is CS(=O)(=O)C(Cl)(Cl)S(=O)(=O)Cl. The molecule has 0 spiro atoms. The van der Waals surface area contributed by atoms with Crippen LogP contribution in [0.4, 0.5) is 0 Å². The Bertz CT molecular complexity index is 304. The summed E-state index contributed by atoms with van der Waals surface area (Å²) < 4.78 is 39.0. The summed E-state index contributed by atoms with van der Waals surface area (Å²) in [6, 6.07) is 0. The van der Waals surface area contributed by atoms with E-state index in [9.17, 15) is 16.8 Å². The third kappa shape index (κ3) is 2.35. The van der Waals surface area contributed by atoms with Crippen LogP contribution < -0.4 is 0 Å². The Kier molecular flexibility index (Phi) is 3.12. The first-order valence-electron chi connectivity index (χ1n) is 2.02. The topological polar surface area (TPSA) is 68.3 Å². The summed E-state index contributed by atoms with van der Waals surface area (Å²) in [4.78, 5) is 0. The molecule has 0 aromatic rings. The molecule has 0 unspecified atom stereocenters. The van der Waals surface area contributed by atoms with Gasteiger partial charge in [-0.15, -0.1) is 0 Å². The average molecular weight is 262 g/mol. The van der Waals surface area contributed by atoms with Crippen LogP contribution in [0.3, 0.4) is 0 Å². The van der Waals surface area contributed by atoms with Gasteiger partial charge in [0.1, 0.15) is 0 Å². The Hall–Kier alpha value is 0.770. The molecular formula is C2H3Cl3O4S2. The molecule has 68 valence electrons. The molecule has 0 saturated carbocycles. The smallest absolute Gasteiger partial charge is 0.225 e. The van der Waals surface area contributed by atoms with Crippen molar-refractivity contribution in [3.63, 3.8) is 0 Å². The molecule has 0 amide bonds. The van der Waals surface area contributed by atoms with Gasteiger partial charge in [0, 0.05) is 16.9 Å². The predicted octanol–water partition coefficient (Wildman–Crippen LogP) is 0.689. The molecule has 0 aliphatic carbocycles. The summed E-state index contributed by atoms with van der Waals surface area (Å²) in [6.07, 6.45) is 0.562. The number of alkyl halides is 2.